The van der Waals surface area contributed by atoms with Crippen molar-refractivity contribution in [1.29, 1.82) is 0 Å². The van der Waals surface area contributed by atoms with E-state index in [0.29, 0.717) is 34.4 Å². The summed E-state index contributed by atoms with van der Waals surface area (Å²) in [5, 5.41) is 3.89. The standard InChI is InChI=1S/C25H23N5OS2/c26-20-8-9-21-19(11-20)12-22(30(21)14-16-2-1-3-18(10-16)24(28)33)25(31)29-13-15-4-6-17(7-5-15)23(27)32/h1-12H,13-14,26H2,(H2,27,32)(H2,28,33)(H,29,31). The van der Waals surface area contributed by atoms with Gasteiger partial charge in [-0.2, -0.15) is 0 Å². The van der Waals surface area contributed by atoms with E-state index in [-0.39, 0.29) is 5.91 Å². The van der Waals surface area contributed by atoms with E-state index in [9.17, 15) is 4.79 Å². The Morgan fingerprint density at radius 1 is 0.848 bits per heavy atom. The number of nitrogens with zero attached hydrogens (tertiary/aromatic N) is 1. The Balaban J connectivity index is 1.63. The molecule has 0 unspecified atom stereocenters. The first-order valence-electron chi connectivity index (χ1n) is 10.3. The molecule has 4 rings (SSSR count). The van der Waals surface area contributed by atoms with Crippen molar-refractivity contribution < 1.29 is 4.79 Å². The van der Waals surface area contributed by atoms with E-state index in [1.54, 1.807) is 0 Å². The molecule has 0 aliphatic carbocycles. The topological polar surface area (TPSA) is 112 Å². The van der Waals surface area contributed by atoms with E-state index >= 15 is 0 Å². The Hall–Kier alpha value is -3.75. The SMILES string of the molecule is NC(=S)c1ccc(CNC(=O)c2cc3cc(N)ccc3n2Cc2cccc(C(N)=S)c2)cc1. The van der Waals surface area contributed by atoms with Crippen LogP contribution in [0.2, 0.25) is 0 Å². The number of rotatable bonds is 7. The maximum Gasteiger partial charge on any atom is 0.268 e. The van der Waals surface area contributed by atoms with E-state index in [4.69, 9.17) is 41.6 Å². The lowest BCUT2D eigenvalue weighted by atomic mass is 10.1. The van der Waals surface area contributed by atoms with Gasteiger partial charge in [-0.1, -0.05) is 66.9 Å². The van der Waals surface area contributed by atoms with Crippen LogP contribution in [0.5, 0.6) is 0 Å². The molecule has 0 saturated carbocycles. The quantitative estimate of drug-likeness (QED) is 0.242. The molecule has 0 aliphatic rings. The molecular formula is C25H23N5OS2. The second-order valence-electron chi connectivity index (χ2n) is 7.74. The largest absolute Gasteiger partial charge is 0.399 e. The van der Waals surface area contributed by atoms with E-state index in [1.165, 1.54) is 0 Å². The van der Waals surface area contributed by atoms with Crippen molar-refractivity contribution in [2.75, 3.05) is 5.73 Å². The molecule has 166 valence electrons. The number of benzene rings is 3. The Morgan fingerprint density at radius 3 is 2.27 bits per heavy atom. The highest BCUT2D eigenvalue weighted by Gasteiger charge is 2.16. The van der Waals surface area contributed by atoms with Gasteiger partial charge in [0.25, 0.3) is 5.91 Å². The van der Waals surface area contributed by atoms with Crippen molar-refractivity contribution in [3.8, 4) is 0 Å². The van der Waals surface area contributed by atoms with Crippen LogP contribution in [-0.4, -0.2) is 20.5 Å². The van der Waals surface area contributed by atoms with Crippen molar-refractivity contribution in [3.63, 3.8) is 0 Å². The van der Waals surface area contributed by atoms with E-state index < -0.39 is 0 Å². The normalized spacial score (nSPS) is 10.8. The number of nitrogens with two attached hydrogens (primary N) is 3. The maximum atomic E-state index is 13.2. The molecule has 1 amide bonds. The van der Waals surface area contributed by atoms with Gasteiger partial charge < -0.3 is 27.1 Å². The zero-order valence-corrected chi connectivity index (χ0v) is 19.4. The minimum Gasteiger partial charge on any atom is -0.399 e. The number of anilines is 1. The van der Waals surface area contributed by atoms with Gasteiger partial charge in [0, 0.05) is 40.8 Å². The molecule has 3 aromatic carbocycles. The molecule has 0 aliphatic heterocycles. The summed E-state index contributed by atoms with van der Waals surface area (Å²) in [6.07, 6.45) is 0. The van der Waals surface area contributed by atoms with Crippen LogP contribution in [0.15, 0.2) is 72.8 Å². The van der Waals surface area contributed by atoms with Crippen LogP contribution >= 0.6 is 24.4 Å². The van der Waals surface area contributed by atoms with Gasteiger partial charge in [0.1, 0.15) is 15.7 Å². The average Bonchev–Trinajstić information content (AvgIpc) is 3.15. The van der Waals surface area contributed by atoms with Gasteiger partial charge in [0.05, 0.1) is 0 Å². The number of carbonyl (C=O) groups is 1. The van der Waals surface area contributed by atoms with Crippen LogP contribution in [0.4, 0.5) is 5.69 Å². The average molecular weight is 474 g/mol. The lowest BCUT2D eigenvalue weighted by Crippen LogP contribution is -2.25. The zero-order valence-electron chi connectivity index (χ0n) is 17.7. The zero-order chi connectivity index (χ0) is 23.5. The second kappa shape index (κ2) is 9.40. The number of carbonyl (C=O) groups excluding carboxylic acids is 1. The summed E-state index contributed by atoms with van der Waals surface area (Å²) in [6, 6.07) is 22.7. The van der Waals surface area contributed by atoms with E-state index in [0.717, 1.165) is 33.2 Å². The molecule has 0 atom stereocenters. The fourth-order valence-corrected chi connectivity index (χ4v) is 3.98. The summed E-state index contributed by atoms with van der Waals surface area (Å²) in [6.45, 7) is 0.853. The molecule has 0 spiro atoms. The lowest BCUT2D eigenvalue weighted by molar-refractivity contribution is 0.0942. The van der Waals surface area contributed by atoms with Crippen molar-refractivity contribution in [2.45, 2.75) is 13.1 Å². The van der Waals surface area contributed by atoms with Crippen LogP contribution in [-0.2, 0) is 13.1 Å². The van der Waals surface area contributed by atoms with Gasteiger partial charge in [0.15, 0.2) is 0 Å². The molecule has 4 aromatic rings. The van der Waals surface area contributed by atoms with Gasteiger partial charge in [-0.05, 0) is 41.5 Å². The molecule has 0 fully saturated rings. The number of nitrogen functional groups attached to an aromatic ring is 1. The molecule has 0 saturated heterocycles. The summed E-state index contributed by atoms with van der Waals surface area (Å²) in [5.41, 5.74) is 23.0. The number of thiocarbonyl (C=S) groups is 2. The van der Waals surface area contributed by atoms with Crippen LogP contribution in [0.25, 0.3) is 10.9 Å². The Labute approximate surface area is 202 Å². The van der Waals surface area contributed by atoms with Crippen molar-refractivity contribution in [2.24, 2.45) is 11.5 Å². The second-order valence-corrected chi connectivity index (χ2v) is 8.62. The first-order chi connectivity index (χ1) is 15.8. The fraction of sp³-hybridized carbons (Fsp3) is 0.0800. The van der Waals surface area contributed by atoms with Crippen LogP contribution in [0.3, 0.4) is 0 Å². The highest BCUT2D eigenvalue weighted by molar-refractivity contribution is 7.80. The number of fused-ring (bicyclic) bond motifs is 1. The molecule has 8 heteroatoms. The van der Waals surface area contributed by atoms with Gasteiger partial charge in [0.2, 0.25) is 0 Å². The Kier molecular flexibility index (Phi) is 6.39. The predicted molar refractivity (Wildman–Crippen MR) is 141 cm³/mol. The van der Waals surface area contributed by atoms with E-state index in [2.05, 4.69) is 5.32 Å². The summed E-state index contributed by atoms with van der Waals surface area (Å²) in [5.74, 6) is -0.186. The highest BCUT2D eigenvalue weighted by Crippen LogP contribution is 2.24. The van der Waals surface area contributed by atoms with Crippen LogP contribution < -0.4 is 22.5 Å². The highest BCUT2D eigenvalue weighted by atomic mass is 32.1. The fourth-order valence-electron chi connectivity index (χ4n) is 3.71. The van der Waals surface area contributed by atoms with Crippen molar-refractivity contribution in [1.82, 2.24) is 9.88 Å². The maximum absolute atomic E-state index is 13.2. The van der Waals surface area contributed by atoms with Gasteiger partial charge in [-0.25, -0.2) is 0 Å². The summed E-state index contributed by atoms with van der Waals surface area (Å²) in [4.78, 5) is 13.9. The first kappa shape index (κ1) is 22.4. The summed E-state index contributed by atoms with van der Waals surface area (Å²) >= 11 is 10.1. The summed E-state index contributed by atoms with van der Waals surface area (Å²) in [7, 11) is 0. The lowest BCUT2D eigenvalue weighted by Gasteiger charge is -2.13. The van der Waals surface area contributed by atoms with Gasteiger partial charge in [-0.15, -0.1) is 0 Å². The van der Waals surface area contributed by atoms with Crippen LogP contribution in [0, 0.1) is 0 Å². The summed E-state index contributed by atoms with van der Waals surface area (Å²) < 4.78 is 1.97. The Bertz CT molecular complexity index is 1380. The molecule has 1 aromatic heterocycles. The van der Waals surface area contributed by atoms with Gasteiger partial charge in [-0.3, -0.25) is 4.79 Å². The third-order valence-corrected chi connectivity index (χ3v) is 5.87. The number of nitrogens with one attached hydrogen (secondary N) is 1. The third kappa shape index (κ3) is 5.02. The minimum atomic E-state index is -0.186. The molecule has 33 heavy (non-hydrogen) atoms. The first-order valence-corrected chi connectivity index (χ1v) is 11.1. The van der Waals surface area contributed by atoms with E-state index in [1.807, 2.05) is 77.4 Å². The molecule has 0 bridgehead atoms. The van der Waals surface area contributed by atoms with Gasteiger partial charge >= 0.3 is 0 Å². The molecule has 6 nitrogen and oxygen atoms in total. The number of hydrogen-bond donors (Lipinski definition) is 4. The Morgan fingerprint density at radius 2 is 1.58 bits per heavy atom. The molecular weight excluding hydrogens is 450 g/mol. The number of hydrogen-bond acceptors (Lipinski definition) is 4. The monoisotopic (exact) mass is 473 g/mol. The molecule has 1 heterocycles. The number of amides is 1. The molecule has 0 radical (unpaired) electrons. The van der Waals surface area contributed by atoms with Crippen LogP contribution in [0.1, 0.15) is 32.7 Å². The van der Waals surface area contributed by atoms with Crippen molar-refractivity contribution >= 4 is 56.9 Å². The molecule has 7 N–H and O–H groups in total. The number of aromatic nitrogens is 1. The smallest absolute Gasteiger partial charge is 0.268 e. The third-order valence-electron chi connectivity index (χ3n) is 5.40. The predicted octanol–water partition coefficient (Wildman–Crippen LogP) is 3.47. The van der Waals surface area contributed by atoms with Crippen molar-refractivity contribution in [3.05, 3.63) is 101 Å². The minimum absolute atomic E-state index is 0.186.